The van der Waals surface area contributed by atoms with Crippen LogP contribution in [0, 0.1) is 11.3 Å². The molecule has 0 bridgehead atoms. The second-order valence-electron chi connectivity index (χ2n) is 6.75. The number of aliphatic carboxylic acids is 1. The minimum absolute atomic E-state index is 0.329. The molecule has 0 fully saturated rings. The van der Waals surface area contributed by atoms with Crippen LogP contribution < -0.4 is 0 Å². The van der Waals surface area contributed by atoms with Gasteiger partial charge >= 0.3 is 5.97 Å². The molecule has 0 saturated carbocycles. The van der Waals surface area contributed by atoms with Gasteiger partial charge in [-0.25, -0.2) is 9.78 Å². The van der Waals surface area contributed by atoms with Crippen LogP contribution in [0.3, 0.4) is 0 Å². The van der Waals surface area contributed by atoms with E-state index < -0.39 is 5.97 Å². The first-order valence-corrected chi connectivity index (χ1v) is 8.07. The zero-order chi connectivity index (χ0) is 15.2. The molecule has 1 aliphatic rings. The standard InChI is InChI=1S/C16H20N2O2S/c1-16(2,3)10-4-6-12-13(8-10)21-15-17-9-11(18(12)15)5-7-14(19)20/h5,7,9-10H,4,6,8H2,1-3H3,(H,19,20)/b7-5+. The molecular weight excluding hydrogens is 284 g/mol. The van der Waals surface area contributed by atoms with E-state index >= 15 is 0 Å². The van der Waals surface area contributed by atoms with Gasteiger partial charge in [0.2, 0.25) is 0 Å². The van der Waals surface area contributed by atoms with Gasteiger partial charge in [0.1, 0.15) is 0 Å². The van der Waals surface area contributed by atoms with Crippen molar-refractivity contribution in [3.05, 3.63) is 28.5 Å². The molecule has 1 N–H and O–H groups in total. The third kappa shape index (κ3) is 2.62. The smallest absolute Gasteiger partial charge is 0.328 e. The fourth-order valence-electron chi connectivity index (χ4n) is 3.05. The van der Waals surface area contributed by atoms with Gasteiger partial charge in [-0.3, -0.25) is 4.40 Å². The molecule has 5 heteroatoms. The highest BCUT2D eigenvalue weighted by molar-refractivity contribution is 7.17. The van der Waals surface area contributed by atoms with Gasteiger partial charge in [-0.1, -0.05) is 20.8 Å². The van der Waals surface area contributed by atoms with Crippen LogP contribution in [-0.4, -0.2) is 20.5 Å². The average molecular weight is 304 g/mol. The van der Waals surface area contributed by atoms with Crippen molar-refractivity contribution in [3.63, 3.8) is 0 Å². The van der Waals surface area contributed by atoms with E-state index in [1.807, 2.05) is 0 Å². The lowest BCUT2D eigenvalue weighted by Gasteiger charge is -2.33. The van der Waals surface area contributed by atoms with Gasteiger partial charge in [-0.2, -0.15) is 0 Å². The minimum atomic E-state index is -0.929. The molecule has 2 aromatic rings. The highest BCUT2D eigenvalue weighted by atomic mass is 32.1. The number of imidazole rings is 1. The molecule has 0 aliphatic heterocycles. The van der Waals surface area contributed by atoms with Crippen LogP contribution in [0.5, 0.6) is 0 Å². The Hall–Kier alpha value is -1.62. The highest BCUT2D eigenvalue weighted by Gasteiger charge is 2.31. The largest absolute Gasteiger partial charge is 0.478 e. The Kier molecular flexibility index (Phi) is 3.40. The van der Waals surface area contributed by atoms with Crippen LogP contribution in [-0.2, 0) is 17.6 Å². The fourth-order valence-corrected chi connectivity index (χ4v) is 4.27. The van der Waals surface area contributed by atoms with E-state index in [4.69, 9.17) is 5.11 Å². The van der Waals surface area contributed by atoms with E-state index in [1.165, 1.54) is 23.1 Å². The van der Waals surface area contributed by atoms with Crippen LogP contribution in [0.1, 0.15) is 43.5 Å². The lowest BCUT2D eigenvalue weighted by molar-refractivity contribution is -0.131. The second-order valence-corrected chi connectivity index (χ2v) is 7.81. The van der Waals surface area contributed by atoms with Crippen molar-refractivity contribution in [1.82, 2.24) is 9.38 Å². The number of thiazole rings is 1. The SMILES string of the molecule is CC(C)(C)C1CCc2c(sc3ncc(/C=C/C(=O)O)n23)C1. The Balaban J connectivity index is 2.00. The maximum atomic E-state index is 10.7. The molecule has 0 saturated heterocycles. The molecule has 1 aliphatic carbocycles. The molecular formula is C16H20N2O2S. The second kappa shape index (κ2) is 4.98. The number of hydrogen-bond acceptors (Lipinski definition) is 3. The monoisotopic (exact) mass is 304 g/mol. The molecule has 0 amide bonds. The summed E-state index contributed by atoms with van der Waals surface area (Å²) in [7, 11) is 0. The number of rotatable bonds is 2. The zero-order valence-electron chi connectivity index (χ0n) is 12.6. The number of carboxylic acid groups (broad SMARTS) is 1. The maximum absolute atomic E-state index is 10.7. The third-order valence-electron chi connectivity index (χ3n) is 4.35. The van der Waals surface area contributed by atoms with Gasteiger partial charge in [0.25, 0.3) is 0 Å². The van der Waals surface area contributed by atoms with E-state index in [9.17, 15) is 4.79 Å². The summed E-state index contributed by atoms with van der Waals surface area (Å²) in [5, 5.41) is 8.78. The summed E-state index contributed by atoms with van der Waals surface area (Å²) in [5.74, 6) is -0.229. The Morgan fingerprint density at radius 2 is 2.29 bits per heavy atom. The summed E-state index contributed by atoms with van der Waals surface area (Å²) < 4.78 is 2.12. The van der Waals surface area contributed by atoms with Crippen molar-refractivity contribution in [2.45, 2.75) is 40.0 Å². The molecule has 4 nitrogen and oxygen atoms in total. The summed E-state index contributed by atoms with van der Waals surface area (Å²) in [6, 6.07) is 0. The van der Waals surface area contributed by atoms with E-state index in [0.29, 0.717) is 11.3 Å². The average Bonchev–Trinajstić information content (AvgIpc) is 2.93. The molecule has 3 rings (SSSR count). The number of nitrogens with zero attached hydrogens (tertiary/aromatic N) is 2. The van der Waals surface area contributed by atoms with Gasteiger partial charge in [-0.05, 0) is 36.7 Å². The van der Waals surface area contributed by atoms with Crippen molar-refractivity contribution in [3.8, 4) is 0 Å². The minimum Gasteiger partial charge on any atom is -0.478 e. The molecule has 112 valence electrons. The molecule has 0 aromatic carbocycles. The number of hydrogen-bond donors (Lipinski definition) is 1. The summed E-state index contributed by atoms with van der Waals surface area (Å²) in [6.45, 7) is 6.92. The summed E-state index contributed by atoms with van der Waals surface area (Å²) in [4.78, 5) is 17.5. The predicted molar refractivity (Wildman–Crippen MR) is 84.7 cm³/mol. The van der Waals surface area contributed by atoms with Crippen LogP contribution >= 0.6 is 11.3 Å². The topological polar surface area (TPSA) is 54.6 Å². The maximum Gasteiger partial charge on any atom is 0.328 e. The summed E-state index contributed by atoms with van der Waals surface area (Å²) in [6.07, 6.45) is 7.89. The molecule has 2 aromatic heterocycles. The predicted octanol–water partition coefficient (Wildman–Crippen LogP) is 3.64. The first-order chi connectivity index (χ1) is 9.86. The summed E-state index contributed by atoms with van der Waals surface area (Å²) >= 11 is 1.75. The van der Waals surface area contributed by atoms with Gasteiger partial charge in [0.15, 0.2) is 4.96 Å². The summed E-state index contributed by atoms with van der Waals surface area (Å²) in [5.41, 5.74) is 2.51. The molecule has 2 heterocycles. The van der Waals surface area contributed by atoms with Crippen molar-refractivity contribution < 1.29 is 9.90 Å². The fraction of sp³-hybridized carbons (Fsp3) is 0.500. The van der Waals surface area contributed by atoms with Crippen molar-refractivity contribution in [2.75, 3.05) is 0 Å². The number of carboxylic acids is 1. The lowest BCUT2D eigenvalue weighted by atomic mass is 9.73. The lowest BCUT2D eigenvalue weighted by Crippen LogP contribution is -2.26. The van der Waals surface area contributed by atoms with Gasteiger partial charge in [0, 0.05) is 16.6 Å². The molecule has 1 atom stereocenters. The van der Waals surface area contributed by atoms with Crippen LogP contribution in [0.2, 0.25) is 0 Å². The number of fused-ring (bicyclic) bond motifs is 3. The molecule has 0 radical (unpaired) electrons. The van der Waals surface area contributed by atoms with Crippen molar-refractivity contribution >= 4 is 28.3 Å². The Bertz CT molecular complexity index is 719. The van der Waals surface area contributed by atoms with Crippen molar-refractivity contribution in [2.24, 2.45) is 11.3 Å². The third-order valence-corrected chi connectivity index (χ3v) is 5.47. The normalized spacial score (nSPS) is 19.3. The molecule has 21 heavy (non-hydrogen) atoms. The number of aromatic nitrogens is 2. The van der Waals surface area contributed by atoms with E-state index in [-0.39, 0.29) is 0 Å². The Morgan fingerprint density at radius 3 is 2.95 bits per heavy atom. The quantitative estimate of drug-likeness (QED) is 0.862. The number of aryl methyl sites for hydroxylation is 1. The van der Waals surface area contributed by atoms with E-state index in [0.717, 1.165) is 23.5 Å². The van der Waals surface area contributed by atoms with E-state index in [2.05, 4.69) is 30.2 Å². The zero-order valence-corrected chi connectivity index (χ0v) is 13.4. The van der Waals surface area contributed by atoms with Crippen molar-refractivity contribution in [1.29, 1.82) is 0 Å². The molecule has 1 unspecified atom stereocenters. The highest BCUT2D eigenvalue weighted by Crippen LogP contribution is 2.40. The van der Waals surface area contributed by atoms with Crippen LogP contribution in [0.4, 0.5) is 0 Å². The first-order valence-electron chi connectivity index (χ1n) is 7.25. The first kappa shape index (κ1) is 14.3. The Morgan fingerprint density at radius 1 is 1.52 bits per heavy atom. The van der Waals surface area contributed by atoms with Crippen LogP contribution in [0.15, 0.2) is 12.3 Å². The molecule has 0 spiro atoms. The van der Waals surface area contributed by atoms with E-state index in [1.54, 1.807) is 23.6 Å². The van der Waals surface area contributed by atoms with Gasteiger partial charge in [-0.15, -0.1) is 11.3 Å². The van der Waals surface area contributed by atoms with Crippen LogP contribution in [0.25, 0.3) is 11.0 Å². The number of carbonyl (C=O) groups is 1. The van der Waals surface area contributed by atoms with Gasteiger partial charge in [0.05, 0.1) is 11.9 Å². The van der Waals surface area contributed by atoms with Gasteiger partial charge < -0.3 is 5.11 Å². The Labute approximate surface area is 128 Å².